The van der Waals surface area contributed by atoms with Crippen LogP contribution in [0.1, 0.15) is 45.0 Å². The van der Waals surface area contributed by atoms with E-state index in [1.807, 2.05) is 11.3 Å². The number of hydrazine groups is 1. The Kier molecular flexibility index (Phi) is 4.97. The quantitative estimate of drug-likeness (QED) is 0.645. The molecule has 0 saturated carbocycles. The average Bonchev–Trinajstić information content (AvgIpc) is 2.84. The molecule has 1 heterocycles. The van der Waals surface area contributed by atoms with E-state index in [0.717, 1.165) is 12.8 Å². The lowest BCUT2D eigenvalue weighted by Gasteiger charge is -2.21. The zero-order chi connectivity index (χ0) is 14.7. The van der Waals surface area contributed by atoms with Crippen LogP contribution in [0.3, 0.4) is 0 Å². The minimum Gasteiger partial charge on any atom is -0.271 e. The van der Waals surface area contributed by atoms with Gasteiger partial charge in [-0.3, -0.25) is 11.3 Å². The molecule has 1 aromatic heterocycles. The lowest BCUT2D eigenvalue weighted by molar-refractivity contribution is 0.550. The molecule has 0 amide bonds. The van der Waals surface area contributed by atoms with E-state index in [4.69, 9.17) is 5.84 Å². The molecule has 0 aliphatic rings. The second-order valence-electron chi connectivity index (χ2n) is 5.46. The lowest BCUT2D eigenvalue weighted by atomic mass is 9.92. The monoisotopic (exact) mass is 288 g/mol. The van der Waals surface area contributed by atoms with E-state index in [2.05, 4.69) is 57.4 Å². The second kappa shape index (κ2) is 6.53. The molecule has 0 saturated heterocycles. The van der Waals surface area contributed by atoms with Crippen molar-refractivity contribution in [3.05, 3.63) is 56.3 Å². The molecule has 3 N–H and O–H groups in total. The number of hydrogen-bond acceptors (Lipinski definition) is 3. The van der Waals surface area contributed by atoms with Gasteiger partial charge >= 0.3 is 0 Å². The molecule has 0 aliphatic carbocycles. The SMILES string of the molecule is CCc1ccc(CC(NN)c2c(C)cc(C)cc2C)s1. The molecular formula is C17H24N2S. The van der Waals surface area contributed by atoms with Crippen LogP contribution in [0.4, 0.5) is 0 Å². The Morgan fingerprint density at radius 3 is 2.20 bits per heavy atom. The molecule has 2 aromatic rings. The van der Waals surface area contributed by atoms with Gasteiger partial charge in [-0.05, 0) is 56.0 Å². The Labute approximate surface area is 126 Å². The third kappa shape index (κ3) is 3.29. The van der Waals surface area contributed by atoms with Gasteiger partial charge in [-0.1, -0.05) is 24.6 Å². The summed E-state index contributed by atoms with van der Waals surface area (Å²) < 4.78 is 0. The topological polar surface area (TPSA) is 38.0 Å². The maximum Gasteiger partial charge on any atom is 0.0513 e. The summed E-state index contributed by atoms with van der Waals surface area (Å²) in [6, 6.07) is 9.10. The first-order valence-electron chi connectivity index (χ1n) is 7.16. The van der Waals surface area contributed by atoms with Gasteiger partial charge in [0.2, 0.25) is 0 Å². The van der Waals surface area contributed by atoms with Crippen molar-refractivity contribution in [2.24, 2.45) is 5.84 Å². The van der Waals surface area contributed by atoms with Crippen molar-refractivity contribution in [1.82, 2.24) is 5.43 Å². The molecule has 0 bridgehead atoms. The highest BCUT2D eigenvalue weighted by Crippen LogP contribution is 2.28. The minimum atomic E-state index is 0.180. The number of nitrogens with two attached hydrogens (primary N) is 1. The molecule has 108 valence electrons. The van der Waals surface area contributed by atoms with E-state index < -0.39 is 0 Å². The Hall–Kier alpha value is -1.16. The molecule has 3 heteroatoms. The summed E-state index contributed by atoms with van der Waals surface area (Å²) in [6.07, 6.45) is 2.06. The Bertz CT molecular complexity index is 563. The van der Waals surface area contributed by atoms with Gasteiger partial charge in [0.25, 0.3) is 0 Å². The van der Waals surface area contributed by atoms with Crippen LogP contribution in [0, 0.1) is 20.8 Å². The van der Waals surface area contributed by atoms with E-state index in [-0.39, 0.29) is 6.04 Å². The van der Waals surface area contributed by atoms with Gasteiger partial charge in [-0.2, -0.15) is 0 Å². The van der Waals surface area contributed by atoms with Crippen molar-refractivity contribution >= 4 is 11.3 Å². The molecule has 2 rings (SSSR count). The lowest BCUT2D eigenvalue weighted by Crippen LogP contribution is -2.30. The van der Waals surface area contributed by atoms with Crippen LogP contribution in [0.2, 0.25) is 0 Å². The summed E-state index contributed by atoms with van der Waals surface area (Å²) in [5.74, 6) is 5.82. The van der Waals surface area contributed by atoms with Crippen LogP contribution in [-0.2, 0) is 12.8 Å². The fourth-order valence-corrected chi connectivity index (χ4v) is 3.91. The highest BCUT2D eigenvalue weighted by Gasteiger charge is 2.16. The number of rotatable bonds is 5. The summed E-state index contributed by atoms with van der Waals surface area (Å²) in [4.78, 5) is 2.83. The van der Waals surface area contributed by atoms with Gasteiger partial charge in [0.05, 0.1) is 6.04 Å². The average molecular weight is 288 g/mol. The molecule has 2 nitrogen and oxygen atoms in total. The van der Waals surface area contributed by atoms with Gasteiger partial charge in [-0.15, -0.1) is 11.3 Å². The molecule has 0 aliphatic heterocycles. The predicted octanol–water partition coefficient (Wildman–Crippen LogP) is 3.98. The summed E-state index contributed by atoms with van der Waals surface area (Å²) in [5, 5.41) is 0. The summed E-state index contributed by atoms with van der Waals surface area (Å²) in [6.45, 7) is 8.68. The molecule has 1 unspecified atom stereocenters. The van der Waals surface area contributed by atoms with Crippen LogP contribution < -0.4 is 11.3 Å². The predicted molar refractivity (Wildman–Crippen MR) is 88.1 cm³/mol. The smallest absolute Gasteiger partial charge is 0.0513 e. The maximum atomic E-state index is 5.82. The molecular weight excluding hydrogens is 264 g/mol. The normalized spacial score (nSPS) is 12.7. The van der Waals surface area contributed by atoms with Crippen LogP contribution in [-0.4, -0.2) is 0 Å². The fraction of sp³-hybridized carbons (Fsp3) is 0.412. The molecule has 20 heavy (non-hydrogen) atoms. The van der Waals surface area contributed by atoms with Crippen molar-refractivity contribution in [3.8, 4) is 0 Å². The van der Waals surface area contributed by atoms with Crippen LogP contribution in [0.15, 0.2) is 24.3 Å². The van der Waals surface area contributed by atoms with E-state index >= 15 is 0 Å². The van der Waals surface area contributed by atoms with Gasteiger partial charge < -0.3 is 0 Å². The molecule has 0 spiro atoms. The first kappa shape index (κ1) is 15.2. The second-order valence-corrected chi connectivity index (χ2v) is 6.71. The zero-order valence-corrected chi connectivity index (χ0v) is 13.6. The van der Waals surface area contributed by atoms with Crippen molar-refractivity contribution in [1.29, 1.82) is 0 Å². The highest BCUT2D eigenvalue weighted by atomic mass is 32.1. The van der Waals surface area contributed by atoms with E-state index in [1.54, 1.807) is 0 Å². The zero-order valence-electron chi connectivity index (χ0n) is 12.8. The van der Waals surface area contributed by atoms with Crippen molar-refractivity contribution < 1.29 is 0 Å². The third-order valence-electron chi connectivity index (χ3n) is 3.76. The highest BCUT2D eigenvalue weighted by molar-refractivity contribution is 7.11. The van der Waals surface area contributed by atoms with Crippen LogP contribution >= 0.6 is 11.3 Å². The van der Waals surface area contributed by atoms with Crippen LogP contribution in [0.25, 0.3) is 0 Å². The minimum absolute atomic E-state index is 0.180. The van der Waals surface area contributed by atoms with Gasteiger partial charge in [0.1, 0.15) is 0 Å². The molecule has 0 radical (unpaired) electrons. The van der Waals surface area contributed by atoms with Crippen molar-refractivity contribution in [2.45, 2.75) is 46.6 Å². The summed E-state index contributed by atoms with van der Waals surface area (Å²) >= 11 is 1.89. The molecule has 1 aromatic carbocycles. The Morgan fingerprint density at radius 1 is 1.10 bits per heavy atom. The Morgan fingerprint density at radius 2 is 1.70 bits per heavy atom. The number of nitrogens with one attached hydrogen (secondary N) is 1. The number of benzene rings is 1. The van der Waals surface area contributed by atoms with E-state index in [0.29, 0.717) is 0 Å². The van der Waals surface area contributed by atoms with E-state index in [9.17, 15) is 0 Å². The standard InChI is InChI=1S/C17H24N2S/c1-5-14-6-7-15(20-14)10-16(19-18)17-12(3)8-11(2)9-13(17)4/h6-9,16,19H,5,10,18H2,1-4H3. The number of hydrogen-bond donors (Lipinski definition) is 2. The van der Waals surface area contributed by atoms with Gasteiger partial charge in [0, 0.05) is 16.2 Å². The Balaban J connectivity index is 2.28. The van der Waals surface area contributed by atoms with Gasteiger partial charge in [-0.25, -0.2) is 0 Å². The van der Waals surface area contributed by atoms with Crippen LogP contribution in [0.5, 0.6) is 0 Å². The van der Waals surface area contributed by atoms with E-state index in [1.165, 1.54) is 32.0 Å². The largest absolute Gasteiger partial charge is 0.271 e. The summed E-state index contributed by atoms with van der Waals surface area (Å²) in [7, 11) is 0. The third-order valence-corrected chi connectivity index (χ3v) is 5.01. The first-order valence-corrected chi connectivity index (χ1v) is 7.98. The van der Waals surface area contributed by atoms with Crippen molar-refractivity contribution in [3.63, 3.8) is 0 Å². The first-order chi connectivity index (χ1) is 9.55. The summed E-state index contributed by atoms with van der Waals surface area (Å²) in [5.41, 5.74) is 8.28. The molecule has 1 atom stereocenters. The number of aryl methyl sites for hydroxylation is 4. The maximum absolute atomic E-state index is 5.82. The number of thiophene rings is 1. The van der Waals surface area contributed by atoms with Gasteiger partial charge in [0.15, 0.2) is 0 Å². The van der Waals surface area contributed by atoms with Crippen molar-refractivity contribution in [2.75, 3.05) is 0 Å². The molecule has 0 fully saturated rings. The fourth-order valence-electron chi connectivity index (χ4n) is 2.91.